The van der Waals surface area contributed by atoms with Gasteiger partial charge in [-0.05, 0) is 55.7 Å². The molecule has 2 aromatic carbocycles. The normalized spacial score (nSPS) is 11.1. The summed E-state index contributed by atoms with van der Waals surface area (Å²) >= 11 is 0. The summed E-state index contributed by atoms with van der Waals surface area (Å²) in [5.74, 6) is 1.43. The van der Waals surface area contributed by atoms with Gasteiger partial charge in [0.2, 0.25) is 0 Å². The van der Waals surface area contributed by atoms with Crippen LogP contribution in [-0.2, 0) is 13.1 Å². The molecule has 0 amide bonds. The Morgan fingerprint density at radius 2 is 1.80 bits per heavy atom. The van der Waals surface area contributed by atoms with Crippen LogP contribution < -0.4 is 20.1 Å². The molecule has 2 rings (SSSR count). The van der Waals surface area contributed by atoms with E-state index in [4.69, 9.17) is 4.74 Å². The van der Waals surface area contributed by atoms with Crippen LogP contribution in [0.3, 0.4) is 0 Å². The highest BCUT2D eigenvalue weighted by atomic mass is 127. The van der Waals surface area contributed by atoms with Crippen molar-refractivity contribution in [2.45, 2.75) is 40.5 Å². The Balaban J connectivity index is 0.00000450. The van der Waals surface area contributed by atoms with E-state index in [-0.39, 0.29) is 42.0 Å². The second kappa shape index (κ2) is 12.4. The van der Waals surface area contributed by atoms with Crippen LogP contribution in [0, 0.1) is 13.8 Å². The minimum Gasteiger partial charge on any atom is -0.507 e. The lowest BCUT2D eigenvalue weighted by Crippen LogP contribution is -2.36. The number of nitrogens with zero attached hydrogens (tertiary/aromatic N) is 1. The van der Waals surface area contributed by atoms with Crippen molar-refractivity contribution < 1.29 is 23.4 Å². The van der Waals surface area contributed by atoms with Crippen LogP contribution in [0.4, 0.5) is 8.78 Å². The van der Waals surface area contributed by atoms with Crippen LogP contribution in [0.2, 0.25) is 0 Å². The number of guanidine groups is 1. The topological polar surface area (TPSA) is 75.1 Å². The zero-order valence-electron chi connectivity index (χ0n) is 17.5. The van der Waals surface area contributed by atoms with Crippen molar-refractivity contribution in [3.05, 3.63) is 52.6 Å². The number of hydrogen-bond donors (Lipinski definition) is 3. The van der Waals surface area contributed by atoms with Gasteiger partial charge in [-0.15, -0.1) is 24.0 Å². The molecule has 0 radical (unpaired) electrons. The first-order chi connectivity index (χ1) is 13.8. The maximum absolute atomic E-state index is 12.7. The molecule has 0 fully saturated rings. The van der Waals surface area contributed by atoms with Crippen molar-refractivity contribution in [3.63, 3.8) is 0 Å². The van der Waals surface area contributed by atoms with Gasteiger partial charge in [0.1, 0.15) is 17.2 Å². The zero-order valence-corrected chi connectivity index (χ0v) is 19.8. The Morgan fingerprint density at radius 1 is 1.13 bits per heavy atom. The number of aryl methyl sites for hydroxylation is 2. The van der Waals surface area contributed by atoms with Gasteiger partial charge in [-0.3, -0.25) is 0 Å². The lowest BCUT2D eigenvalue weighted by atomic mass is 10.1. The van der Waals surface area contributed by atoms with Crippen molar-refractivity contribution in [2.75, 3.05) is 13.7 Å². The average molecular weight is 535 g/mol. The smallest absolute Gasteiger partial charge is 0.387 e. The molecule has 0 aromatic heterocycles. The number of aliphatic imine (C=N–C) groups is 1. The quantitative estimate of drug-likeness (QED) is 0.264. The minimum absolute atomic E-state index is 0. The molecule has 0 saturated carbocycles. The number of nitrogens with one attached hydrogen (secondary N) is 2. The van der Waals surface area contributed by atoms with E-state index < -0.39 is 6.61 Å². The Hall–Kier alpha value is -2.30. The third-order valence-electron chi connectivity index (χ3n) is 4.24. The van der Waals surface area contributed by atoms with Crippen LogP contribution >= 0.6 is 24.0 Å². The molecule has 0 bridgehead atoms. The highest BCUT2D eigenvalue weighted by Gasteiger charge is 2.12. The summed E-state index contributed by atoms with van der Waals surface area (Å²) in [6.07, 6.45) is 0. The predicted molar refractivity (Wildman–Crippen MR) is 124 cm³/mol. The molecule has 0 spiro atoms. The molecule has 30 heavy (non-hydrogen) atoms. The number of phenols is 1. The summed E-state index contributed by atoms with van der Waals surface area (Å²) in [5.41, 5.74) is 3.06. The fraction of sp³-hybridized carbons (Fsp3) is 0.381. The summed E-state index contributed by atoms with van der Waals surface area (Å²) in [6.45, 7) is 3.96. The predicted octanol–water partition coefficient (Wildman–Crippen LogP) is 4.49. The second-order valence-electron chi connectivity index (χ2n) is 6.48. The van der Waals surface area contributed by atoms with Gasteiger partial charge in [0, 0.05) is 18.7 Å². The molecule has 0 heterocycles. The minimum atomic E-state index is -2.91. The van der Waals surface area contributed by atoms with E-state index in [1.807, 2.05) is 32.9 Å². The van der Waals surface area contributed by atoms with E-state index in [0.717, 1.165) is 16.7 Å². The van der Waals surface area contributed by atoms with Gasteiger partial charge in [-0.25, -0.2) is 4.99 Å². The first-order valence-electron chi connectivity index (χ1n) is 9.27. The average Bonchev–Trinajstić information content (AvgIpc) is 2.68. The lowest BCUT2D eigenvalue weighted by Gasteiger charge is -2.15. The Morgan fingerprint density at radius 3 is 2.37 bits per heavy atom. The number of methoxy groups -OCH3 is 1. The Bertz CT molecular complexity index is 840. The Kier molecular flexibility index (Phi) is 10.6. The van der Waals surface area contributed by atoms with Gasteiger partial charge in [-0.1, -0.05) is 12.1 Å². The van der Waals surface area contributed by atoms with Crippen molar-refractivity contribution in [3.8, 4) is 17.2 Å². The summed E-state index contributed by atoms with van der Waals surface area (Å²) in [6, 6.07) is 8.42. The zero-order chi connectivity index (χ0) is 21.4. The second-order valence-corrected chi connectivity index (χ2v) is 6.48. The number of hydrogen-bond acceptors (Lipinski definition) is 4. The molecule has 0 aliphatic rings. The highest BCUT2D eigenvalue weighted by molar-refractivity contribution is 14.0. The lowest BCUT2D eigenvalue weighted by molar-refractivity contribution is -0.0505. The van der Waals surface area contributed by atoms with Crippen LogP contribution in [0.25, 0.3) is 0 Å². The van der Waals surface area contributed by atoms with E-state index in [1.54, 1.807) is 12.1 Å². The number of ether oxygens (including phenoxy) is 2. The van der Waals surface area contributed by atoms with E-state index in [2.05, 4.69) is 20.4 Å². The molecule has 2 aromatic rings. The number of halogens is 3. The first-order valence-corrected chi connectivity index (χ1v) is 9.27. The Labute approximate surface area is 192 Å². The van der Waals surface area contributed by atoms with E-state index >= 15 is 0 Å². The van der Waals surface area contributed by atoms with Crippen LogP contribution in [0.5, 0.6) is 17.2 Å². The van der Waals surface area contributed by atoms with Crippen molar-refractivity contribution >= 4 is 29.9 Å². The molecule has 0 saturated heterocycles. The van der Waals surface area contributed by atoms with Gasteiger partial charge >= 0.3 is 6.61 Å². The number of aromatic hydroxyl groups is 1. The van der Waals surface area contributed by atoms with Gasteiger partial charge < -0.3 is 25.2 Å². The van der Waals surface area contributed by atoms with Gasteiger partial charge in [0.15, 0.2) is 5.96 Å². The maximum Gasteiger partial charge on any atom is 0.387 e. The third-order valence-corrected chi connectivity index (χ3v) is 4.24. The van der Waals surface area contributed by atoms with Crippen LogP contribution in [-0.4, -0.2) is 31.3 Å². The molecule has 166 valence electrons. The largest absolute Gasteiger partial charge is 0.507 e. The SMILES string of the molecule is CCNC(=NCc1cc(C)c(O)c(C)c1)NCc1cc(OC)ccc1OC(F)F.I. The van der Waals surface area contributed by atoms with Gasteiger partial charge in [0.05, 0.1) is 13.7 Å². The first kappa shape index (κ1) is 25.7. The fourth-order valence-electron chi connectivity index (χ4n) is 2.86. The molecule has 9 heteroatoms. The molecule has 3 N–H and O–H groups in total. The number of phenolic OH excluding ortho intramolecular Hbond substituents is 1. The van der Waals surface area contributed by atoms with Gasteiger partial charge in [0.25, 0.3) is 0 Å². The fourth-order valence-corrected chi connectivity index (χ4v) is 2.86. The van der Waals surface area contributed by atoms with Crippen molar-refractivity contribution in [2.24, 2.45) is 4.99 Å². The molecule has 0 aliphatic heterocycles. The number of benzene rings is 2. The third kappa shape index (κ3) is 7.51. The van der Waals surface area contributed by atoms with Crippen LogP contribution in [0.1, 0.15) is 29.2 Å². The summed E-state index contributed by atoms with van der Waals surface area (Å²) in [5, 5.41) is 16.1. The number of rotatable bonds is 8. The highest BCUT2D eigenvalue weighted by Crippen LogP contribution is 2.26. The molecule has 6 nitrogen and oxygen atoms in total. The monoisotopic (exact) mass is 535 g/mol. The standard InChI is InChI=1S/C21H27F2N3O3.HI/c1-5-24-21(25-11-15-8-13(2)19(27)14(3)9-15)26-12-16-10-17(28-4)6-7-18(16)29-20(22)23;/h6-10,20,27H,5,11-12H2,1-4H3,(H2,24,25,26);1H. The van der Waals surface area contributed by atoms with Crippen molar-refractivity contribution in [1.29, 1.82) is 0 Å². The number of alkyl halides is 2. The molecule has 0 atom stereocenters. The summed E-state index contributed by atoms with van der Waals surface area (Å²) < 4.78 is 35.1. The summed E-state index contributed by atoms with van der Waals surface area (Å²) in [4.78, 5) is 4.54. The van der Waals surface area contributed by atoms with Crippen LogP contribution in [0.15, 0.2) is 35.3 Å². The molecule has 0 unspecified atom stereocenters. The van der Waals surface area contributed by atoms with Gasteiger partial charge in [-0.2, -0.15) is 8.78 Å². The molecular weight excluding hydrogens is 507 g/mol. The molecule has 0 aliphatic carbocycles. The van der Waals surface area contributed by atoms with Crippen molar-refractivity contribution in [1.82, 2.24) is 10.6 Å². The van der Waals surface area contributed by atoms with E-state index in [9.17, 15) is 13.9 Å². The van der Waals surface area contributed by atoms with E-state index in [1.165, 1.54) is 13.2 Å². The molecular formula is C21H28F2IN3O3. The summed E-state index contributed by atoms with van der Waals surface area (Å²) in [7, 11) is 1.51. The maximum atomic E-state index is 12.7. The van der Waals surface area contributed by atoms with E-state index in [0.29, 0.717) is 30.4 Å².